The van der Waals surface area contributed by atoms with Crippen molar-refractivity contribution in [2.24, 2.45) is 0 Å². The predicted octanol–water partition coefficient (Wildman–Crippen LogP) is 11.7. The summed E-state index contributed by atoms with van der Waals surface area (Å²) in [6.07, 6.45) is 6.68. The molecule has 0 radical (unpaired) electrons. The number of allylic oxidation sites excluding steroid dienone is 2. The molecule has 2 heteroatoms. The Labute approximate surface area is 278 Å². The molecule has 2 atom stereocenters. The maximum Gasteiger partial charge on any atom is 0.135 e. The van der Waals surface area contributed by atoms with Gasteiger partial charge in [0, 0.05) is 33.5 Å². The van der Waals surface area contributed by atoms with Gasteiger partial charge in [-0.1, -0.05) is 133 Å². The normalized spacial score (nSPS) is 17.0. The summed E-state index contributed by atoms with van der Waals surface area (Å²) in [5.74, 6) is 1.13. The topological polar surface area (TPSA) is 14.2 Å². The van der Waals surface area contributed by atoms with Gasteiger partial charge in [0.15, 0.2) is 0 Å². The number of hydrogen-bond acceptors (Lipinski definition) is 1. The molecule has 48 heavy (non-hydrogen) atoms. The van der Waals surface area contributed by atoms with Crippen molar-refractivity contribution in [1.82, 2.24) is 4.57 Å². The van der Waals surface area contributed by atoms with Gasteiger partial charge in [-0.15, -0.1) is 0 Å². The number of ether oxygens (including phenoxy) is 1. The first-order valence-electron chi connectivity index (χ1n) is 16.8. The van der Waals surface area contributed by atoms with Gasteiger partial charge in [-0.3, -0.25) is 0 Å². The van der Waals surface area contributed by atoms with E-state index >= 15 is 0 Å². The van der Waals surface area contributed by atoms with E-state index in [4.69, 9.17) is 4.74 Å². The molecule has 224 valence electrons. The zero-order chi connectivity index (χ0) is 31.3. The molecule has 0 saturated carbocycles. The second kappa shape index (κ2) is 9.70. The molecular formula is C46H29NO. The van der Waals surface area contributed by atoms with Crippen LogP contribution >= 0.6 is 0 Å². The molecule has 0 saturated heterocycles. The molecule has 1 aliphatic heterocycles. The zero-order valence-electron chi connectivity index (χ0n) is 26.1. The molecule has 0 N–H and O–H groups in total. The van der Waals surface area contributed by atoms with Crippen molar-refractivity contribution >= 4 is 38.2 Å². The molecule has 0 bridgehead atoms. The van der Waals surface area contributed by atoms with Crippen LogP contribution in [0.3, 0.4) is 0 Å². The molecule has 3 aliphatic rings. The van der Waals surface area contributed by atoms with Gasteiger partial charge in [-0.25, -0.2) is 0 Å². The van der Waals surface area contributed by atoms with Gasteiger partial charge in [0.25, 0.3) is 0 Å². The lowest BCUT2D eigenvalue weighted by Crippen LogP contribution is -2.21. The van der Waals surface area contributed by atoms with E-state index in [1.54, 1.807) is 0 Å². The number of rotatable bonds is 3. The SMILES string of the molecule is C1=CC2c3c(cccc3-c3cccc(-n4c5cccc6c5c5c7c(cccc7ccc54)-c4ccccc4-6)c3)OC2C(c2ccccc2)=C1. The largest absolute Gasteiger partial charge is 0.484 e. The lowest BCUT2D eigenvalue weighted by Gasteiger charge is -2.23. The molecular weight excluding hydrogens is 583 g/mol. The number of benzene rings is 7. The van der Waals surface area contributed by atoms with Gasteiger partial charge >= 0.3 is 0 Å². The van der Waals surface area contributed by atoms with Crippen LogP contribution < -0.4 is 4.74 Å². The molecule has 0 fully saturated rings. The minimum absolute atomic E-state index is 0.0385. The van der Waals surface area contributed by atoms with E-state index in [-0.39, 0.29) is 12.0 Å². The average molecular weight is 612 g/mol. The van der Waals surface area contributed by atoms with Crippen LogP contribution in [0, 0.1) is 0 Å². The fourth-order valence-corrected chi connectivity index (χ4v) is 8.74. The van der Waals surface area contributed by atoms with Crippen molar-refractivity contribution in [2.45, 2.75) is 12.0 Å². The van der Waals surface area contributed by atoms with Crippen LogP contribution in [0.2, 0.25) is 0 Å². The van der Waals surface area contributed by atoms with E-state index in [0.29, 0.717) is 0 Å². The Morgan fingerprint density at radius 3 is 2.06 bits per heavy atom. The highest BCUT2D eigenvalue weighted by molar-refractivity contribution is 6.30. The second-order valence-corrected chi connectivity index (χ2v) is 13.1. The molecule has 8 aromatic rings. The first kappa shape index (κ1) is 26.0. The maximum absolute atomic E-state index is 6.73. The van der Waals surface area contributed by atoms with E-state index in [1.165, 1.54) is 82.7 Å². The van der Waals surface area contributed by atoms with Crippen LogP contribution in [0.1, 0.15) is 17.0 Å². The monoisotopic (exact) mass is 611 g/mol. The molecule has 0 amide bonds. The Morgan fingerprint density at radius 1 is 0.500 bits per heavy atom. The smallest absolute Gasteiger partial charge is 0.135 e. The molecule has 11 rings (SSSR count). The Hall–Kier alpha value is -6.12. The summed E-state index contributed by atoms with van der Waals surface area (Å²) in [5.41, 5.74) is 14.9. The molecule has 2 unspecified atom stereocenters. The Kier molecular flexibility index (Phi) is 5.25. The van der Waals surface area contributed by atoms with Gasteiger partial charge < -0.3 is 9.30 Å². The number of nitrogens with zero attached hydrogens (tertiary/aromatic N) is 1. The standard InChI is InChI=1S/C46H29NO/c1-2-11-28(12-3-1)33-19-8-22-38-43-32(18-10-24-41(43)48-46(33)38)30-14-6-15-31(27-30)47-39-23-9-21-37-35-17-5-4-16-34(35)36-20-7-13-29-25-26-40(47)45(42(29)36)44(37)39/h1-27,38,46H. The van der Waals surface area contributed by atoms with Crippen LogP contribution in [0.25, 0.3) is 77.2 Å². The van der Waals surface area contributed by atoms with Crippen LogP contribution in [0.4, 0.5) is 0 Å². The lowest BCUT2D eigenvalue weighted by atomic mass is 9.81. The van der Waals surface area contributed by atoms with E-state index in [2.05, 4.69) is 168 Å². The first-order valence-corrected chi connectivity index (χ1v) is 16.8. The zero-order valence-corrected chi connectivity index (χ0v) is 26.1. The number of fused-ring (bicyclic) bond motifs is 6. The maximum atomic E-state index is 6.73. The quantitative estimate of drug-likeness (QED) is 0.194. The summed E-state index contributed by atoms with van der Waals surface area (Å²) in [6, 6.07) is 53.3. The van der Waals surface area contributed by atoms with Crippen molar-refractivity contribution in [3.63, 3.8) is 0 Å². The third-order valence-corrected chi connectivity index (χ3v) is 10.7. The summed E-state index contributed by atoms with van der Waals surface area (Å²) in [7, 11) is 0. The van der Waals surface area contributed by atoms with Gasteiger partial charge in [0.1, 0.15) is 11.9 Å². The predicted molar refractivity (Wildman–Crippen MR) is 199 cm³/mol. The van der Waals surface area contributed by atoms with Crippen molar-refractivity contribution in [3.05, 3.63) is 175 Å². The van der Waals surface area contributed by atoms with Gasteiger partial charge in [-0.05, 0) is 80.0 Å². The van der Waals surface area contributed by atoms with E-state index in [1.807, 2.05) is 0 Å². The third kappa shape index (κ3) is 3.47. The highest BCUT2D eigenvalue weighted by Gasteiger charge is 2.38. The summed E-state index contributed by atoms with van der Waals surface area (Å²) < 4.78 is 9.21. The van der Waals surface area contributed by atoms with Crippen molar-refractivity contribution in [1.29, 1.82) is 0 Å². The average Bonchev–Trinajstić information content (AvgIpc) is 3.67. The molecule has 0 spiro atoms. The third-order valence-electron chi connectivity index (χ3n) is 10.7. The molecule has 2 nitrogen and oxygen atoms in total. The van der Waals surface area contributed by atoms with Crippen molar-refractivity contribution in [2.75, 3.05) is 0 Å². The minimum Gasteiger partial charge on any atom is -0.484 e. The number of aromatic nitrogens is 1. The first-order chi connectivity index (χ1) is 23.8. The fraction of sp³-hybridized carbons (Fsp3) is 0.0435. The van der Waals surface area contributed by atoms with E-state index in [0.717, 1.165) is 11.4 Å². The Bertz CT molecular complexity index is 2710. The van der Waals surface area contributed by atoms with Gasteiger partial charge in [-0.2, -0.15) is 0 Å². The number of hydrogen-bond donors (Lipinski definition) is 0. The van der Waals surface area contributed by atoms with E-state index < -0.39 is 0 Å². The van der Waals surface area contributed by atoms with E-state index in [9.17, 15) is 0 Å². The highest BCUT2D eigenvalue weighted by Crippen LogP contribution is 2.51. The molecule has 2 aliphatic carbocycles. The summed E-state index contributed by atoms with van der Waals surface area (Å²) in [4.78, 5) is 0. The van der Waals surface area contributed by atoms with Gasteiger partial charge in [0.2, 0.25) is 0 Å². The lowest BCUT2D eigenvalue weighted by molar-refractivity contribution is 0.278. The van der Waals surface area contributed by atoms with Crippen molar-refractivity contribution in [3.8, 4) is 44.8 Å². The Balaban J connectivity index is 1.12. The van der Waals surface area contributed by atoms with Crippen LogP contribution in [0.15, 0.2) is 164 Å². The van der Waals surface area contributed by atoms with Crippen molar-refractivity contribution < 1.29 is 4.74 Å². The minimum atomic E-state index is -0.0385. The summed E-state index contributed by atoms with van der Waals surface area (Å²) >= 11 is 0. The molecule has 7 aromatic carbocycles. The Morgan fingerprint density at radius 2 is 1.19 bits per heavy atom. The highest BCUT2D eigenvalue weighted by atomic mass is 16.5. The summed E-state index contributed by atoms with van der Waals surface area (Å²) in [6.45, 7) is 0. The van der Waals surface area contributed by atoms with Crippen LogP contribution in [-0.2, 0) is 0 Å². The van der Waals surface area contributed by atoms with Gasteiger partial charge in [0.05, 0.1) is 11.0 Å². The van der Waals surface area contributed by atoms with Crippen LogP contribution in [0.5, 0.6) is 5.75 Å². The molecule has 1 aromatic heterocycles. The fourth-order valence-electron chi connectivity index (χ4n) is 8.74. The summed E-state index contributed by atoms with van der Waals surface area (Å²) in [5, 5.41) is 5.27. The van der Waals surface area contributed by atoms with Crippen LogP contribution in [-0.4, -0.2) is 10.7 Å². The molecule has 2 heterocycles. The second-order valence-electron chi connectivity index (χ2n) is 13.1.